The van der Waals surface area contributed by atoms with Crippen molar-refractivity contribution in [1.82, 2.24) is 5.32 Å². The summed E-state index contributed by atoms with van der Waals surface area (Å²) in [5.74, 6) is 0. The summed E-state index contributed by atoms with van der Waals surface area (Å²) in [6, 6.07) is 0.864. The third kappa shape index (κ3) is 6.94. The Bertz CT molecular complexity index is 184. The van der Waals surface area contributed by atoms with Crippen LogP contribution in [-0.4, -0.2) is 12.6 Å². The van der Waals surface area contributed by atoms with Gasteiger partial charge in [-0.2, -0.15) is 0 Å². The van der Waals surface area contributed by atoms with Crippen molar-refractivity contribution in [1.29, 1.82) is 0 Å². The van der Waals surface area contributed by atoms with Crippen LogP contribution in [0.1, 0.15) is 66.7 Å². The van der Waals surface area contributed by atoms with E-state index in [1.54, 1.807) is 0 Å². The van der Waals surface area contributed by atoms with Gasteiger partial charge in [-0.1, -0.05) is 34.6 Å². The van der Waals surface area contributed by atoms with Gasteiger partial charge in [0.25, 0.3) is 0 Å². The van der Waals surface area contributed by atoms with Crippen molar-refractivity contribution >= 4 is 0 Å². The van der Waals surface area contributed by atoms with E-state index in [0.29, 0.717) is 10.8 Å². The standard InChI is InChI=1S/C14H29N/c1-13(2,3)8-9-14(4,5)10-11-15-12-6-7-12/h12,15H,6-11H2,1-5H3. The highest BCUT2D eigenvalue weighted by Gasteiger charge is 2.24. The van der Waals surface area contributed by atoms with Crippen LogP contribution in [0.25, 0.3) is 0 Å². The summed E-state index contributed by atoms with van der Waals surface area (Å²) in [4.78, 5) is 0. The fourth-order valence-corrected chi connectivity index (χ4v) is 1.74. The van der Waals surface area contributed by atoms with Crippen molar-refractivity contribution < 1.29 is 0 Å². The van der Waals surface area contributed by atoms with Crippen LogP contribution in [0.3, 0.4) is 0 Å². The molecule has 90 valence electrons. The SMILES string of the molecule is CC(C)(C)CCC(C)(C)CCNC1CC1. The lowest BCUT2D eigenvalue weighted by molar-refractivity contribution is 0.238. The van der Waals surface area contributed by atoms with Crippen LogP contribution in [0.15, 0.2) is 0 Å². The Hall–Kier alpha value is -0.0400. The summed E-state index contributed by atoms with van der Waals surface area (Å²) in [5, 5.41) is 3.61. The zero-order valence-corrected chi connectivity index (χ0v) is 11.3. The summed E-state index contributed by atoms with van der Waals surface area (Å²) >= 11 is 0. The lowest BCUT2D eigenvalue weighted by atomic mass is 9.78. The minimum Gasteiger partial charge on any atom is -0.314 e. The summed E-state index contributed by atoms with van der Waals surface area (Å²) in [6.45, 7) is 13.0. The van der Waals surface area contributed by atoms with E-state index in [9.17, 15) is 0 Å². The molecular weight excluding hydrogens is 182 g/mol. The lowest BCUT2D eigenvalue weighted by Gasteiger charge is -2.29. The largest absolute Gasteiger partial charge is 0.314 e. The molecule has 0 heterocycles. The first-order valence-electron chi connectivity index (χ1n) is 6.52. The van der Waals surface area contributed by atoms with Gasteiger partial charge in [0.1, 0.15) is 0 Å². The number of nitrogens with one attached hydrogen (secondary N) is 1. The van der Waals surface area contributed by atoms with E-state index < -0.39 is 0 Å². The molecule has 1 aliphatic rings. The summed E-state index contributed by atoms with van der Waals surface area (Å²) in [6.07, 6.45) is 6.82. The van der Waals surface area contributed by atoms with E-state index in [2.05, 4.69) is 39.9 Å². The molecule has 0 aromatic carbocycles. The minimum atomic E-state index is 0.487. The van der Waals surface area contributed by atoms with E-state index in [4.69, 9.17) is 0 Å². The van der Waals surface area contributed by atoms with Gasteiger partial charge in [-0.3, -0.25) is 0 Å². The third-order valence-corrected chi connectivity index (χ3v) is 3.36. The molecule has 0 atom stereocenters. The van der Waals surface area contributed by atoms with Crippen molar-refractivity contribution in [3.05, 3.63) is 0 Å². The molecule has 1 fully saturated rings. The van der Waals surface area contributed by atoms with Crippen molar-refractivity contribution in [2.75, 3.05) is 6.54 Å². The highest BCUT2D eigenvalue weighted by molar-refractivity contribution is 4.82. The van der Waals surface area contributed by atoms with Crippen molar-refractivity contribution in [3.63, 3.8) is 0 Å². The Balaban J connectivity index is 2.12. The average molecular weight is 211 g/mol. The van der Waals surface area contributed by atoms with Gasteiger partial charge in [0.05, 0.1) is 0 Å². The van der Waals surface area contributed by atoms with Crippen LogP contribution in [0.5, 0.6) is 0 Å². The van der Waals surface area contributed by atoms with Gasteiger partial charge in [0.15, 0.2) is 0 Å². The quantitative estimate of drug-likeness (QED) is 0.700. The molecule has 0 spiro atoms. The first-order valence-corrected chi connectivity index (χ1v) is 6.52. The Morgan fingerprint density at radius 3 is 2.00 bits per heavy atom. The molecule has 0 aromatic heterocycles. The Labute approximate surface area is 96.0 Å². The lowest BCUT2D eigenvalue weighted by Crippen LogP contribution is -2.25. The normalized spacial score (nSPS) is 18.2. The summed E-state index contributed by atoms with van der Waals surface area (Å²) < 4.78 is 0. The highest BCUT2D eigenvalue weighted by atomic mass is 14.9. The Morgan fingerprint density at radius 1 is 0.933 bits per heavy atom. The second kappa shape index (κ2) is 4.86. The smallest absolute Gasteiger partial charge is 0.00682 e. The Morgan fingerprint density at radius 2 is 1.53 bits per heavy atom. The second-order valence-corrected chi connectivity index (χ2v) is 7.20. The van der Waals surface area contributed by atoms with Gasteiger partial charge in [0.2, 0.25) is 0 Å². The van der Waals surface area contributed by atoms with Crippen LogP contribution in [-0.2, 0) is 0 Å². The predicted octanol–water partition coefficient (Wildman–Crippen LogP) is 3.98. The zero-order valence-electron chi connectivity index (χ0n) is 11.3. The molecule has 1 N–H and O–H groups in total. The molecule has 0 saturated heterocycles. The molecule has 1 rings (SSSR count). The molecule has 1 aliphatic carbocycles. The highest BCUT2D eigenvalue weighted by Crippen LogP contribution is 2.32. The van der Waals surface area contributed by atoms with E-state index in [1.165, 1.54) is 38.6 Å². The third-order valence-electron chi connectivity index (χ3n) is 3.36. The van der Waals surface area contributed by atoms with E-state index >= 15 is 0 Å². The molecule has 0 unspecified atom stereocenters. The van der Waals surface area contributed by atoms with Crippen LogP contribution in [0.4, 0.5) is 0 Å². The zero-order chi connectivity index (χ0) is 11.5. The maximum Gasteiger partial charge on any atom is 0.00682 e. The molecule has 1 nitrogen and oxygen atoms in total. The van der Waals surface area contributed by atoms with Gasteiger partial charge in [0, 0.05) is 6.04 Å². The van der Waals surface area contributed by atoms with Crippen molar-refractivity contribution in [2.45, 2.75) is 72.8 Å². The molecule has 0 amide bonds. The Kier molecular flexibility index (Phi) is 4.22. The van der Waals surface area contributed by atoms with Crippen LogP contribution in [0.2, 0.25) is 0 Å². The molecule has 0 bridgehead atoms. The maximum atomic E-state index is 3.61. The number of hydrogen-bond acceptors (Lipinski definition) is 1. The maximum absolute atomic E-state index is 3.61. The fraction of sp³-hybridized carbons (Fsp3) is 1.00. The number of hydrogen-bond donors (Lipinski definition) is 1. The molecule has 0 aromatic rings. The van der Waals surface area contributed by atoms with Gasteiger partial charge in [-0.25, -0.2) is 0 Å². The molecular formula is C14H29N. The monoisotopic (exact) mass is 211 g/mol. The van der Waals surface area contributed by atoms with Crippen LogP contribution >= 0.6 is 0 Å². The van der Waals surface area contributed by atoms with Crippen LogP contribution < -0.4 is 5.32 Å². The van der Waals surface area contributed by atoms with E-state index in [-0.39, 0.29) is 0 Å². The van der Waals surface area contributed by atoms with E-state index in [0.717, 1.165) is 6.04 Å². The summed E-state index contributed by atoms with van der Waals surface area (Å²) in [7, 11) is 0. The molecule has 1 saturated carbocycles. The second-order valence-electron chi connectivity index (χ2n) is 7.20. The average Bonchev–Trinajstić information content (AvgIpc) is 2.83. The van der Waals surface area contributed by atoms with E-state index in [1.807, 2.05) is 0 Å². The van der Waals surface area contributed by atoms with Crippen LogP contribution in [0, 0.1) is 10.8 Å². The predicted molar refractivity (Wildman–Crippen MR) is 68.1 cm³/mol. The van der Waals surface area contributed by atoms with Crippen molar-refractivity contribution in [3.8, 4) is 0 Å². The molecule has 15 heavy (non-hydrogen) atoms. The first-order chi connectivity index (χ1) is 6.79. The van der Waals surface area contributed by atoms with Gasteiger partial charge in [-0.15, -0.1) is 0 Å². The van der Waals surface area contributed by atoms with Crippen molar-refractivity contribution in [2.24, 2.45) is 10.8 Å². The molecule has 0 radical (unpaired) electrons. The fourth-order valence-electron chi connectivity index (χ4n) is 1.74. The first kappa shape index (κ1) is 13.0. The topological polar surface area (TPSA) is 12.0 Å². The minimum absolute atomic E-state index is 0.487. The van der Waals surface area contributed by atoms with Gasteiger partial charge >= 0.3 is 0 Å². The summed E-state index contributed by atoms with van der Waals surface area (Å²) in [5.41, 5.74) is 0.996. The number of rotatable bonds is 6. The molecule has 0 aliphatic heterocycles. The molecule has 1 heteroatoms. The van der Waals surface area contributed by atoms with Gasteiger partial charge < -0.3 is 5.32 Å². The van der Waals surface area contributed by atoms with Gasteiger partial charge in [-0.05, 0) is 49.5 Å².